The molecule has 152 valence electrons. The van der Waals surface area contributed by atoms with E-state index in [0.717, 1.165) is 18.9 Å². The molecule has 2 aliphatic rings. The molecule has 2 amide bonds. The van der Waals surface area contributed by atoms with E-state index in [1.165, 1.54) is 12.0 Å². The summed E-state index contributed by atoms with van der Waals surface area (Å²) in [5, 5.41) is 0. The normalized spacial score (nSPS) is 20.3. The van der Waals surface area contributed by atoms with E-state index in [-0.39, 0.29) is 18.2 Å². The monoisotopic (exact) mass is 396 g/mol. The van der Waals surface area contributed by atoms with Crippen molar-refractivity contribution in [2.75, 3.05) is 50.2 Å². The van der Waals surface area contributed by atoms with Gasteiger partial charge in [0.25, 0.3) is 5.91 Å². The predicted molar refractivity (Wildman–Crippen MR) is 108 cm³/mol. The van der Waals surface area contributed by atoms with Crippen LogP contribution in [-0.4, -0.2) is 68.1 Å². The highest BCUT2D eigenvalue weighted by atomic mass is 16.5. The zero-order chi connectivity index (χ0) is 20.4. The van der Waals surface area contributed by atoms with E-state index in [1.807, 2.05) is 18.2 Å². The average molecular weight is 396 g/mol. The van der Waals surface area contributed by atoms with Crippen molar-refractivity contribution in [2.24, 2.45) is 0 Å². The van der Waals surface area contributed by atoms with E-state index < -0.39 is 6.04 Å². The molecule has 29 heavy (non-hydrogen) atoms. The number of carbonyl (C=O) groups is 2. The highest BCUT2D eigenvalue weighted by molar-refractivity contribution is 6.23. The summed E-state index contributed by atoms with van der Waals surface area (Å²) in [7, 11) is 3.07. The smallest absolute Gasteiger partial charge is 0.251 e. The molecule has 1 aromatic heterocycles. The Balaban J connectivity index is 1.48. The molecule has 0 saturated carbocycles. The number of piperazine rings is 1. The van der Waals surface area contributed by atoms with Crippen molar-refractivity contribution in [2.45, 2.75) is 12.5 Å². The molecule has 1 aromatic carbocycles. The number of aromatic nitrogens is 1. The summed E-state index contributed by atoms with van der Waals surface area (Å²) < 4.78 is 10.6. The highest BCUT2D eigenvalue weighted by Gasteiger charge is 2.44. The molecule has 8 heteroatoms. The number of nitrogens with zero attached hydrogens (tertiary/aromatic N) is 4. The zero-order valence-electron chi connectivity index (χ0n) is 16.6. The van der Waals surface area contributed by atoms with Crippen molar-refractivity contribution < 1.29 is 19.1 Å². The van der Waals surface area contributed by atoms with E-state index in [4.69, 9.17) is 9.47 Å². The Kier molecular flexibility index (Phi) is 5.35. The second kappa shape index (κ2) is 8.08. The molecular weight excluding hydrogens is 372 g/mol. The number of pyridine rings is 1. The summed E-state index contributed by atoms with van der Waals surface area (Å²) in [6.07, 6.45) is 1.96. The van der Waals surface area contributed by atoms with Gasteiger partial charge >= 0.3 is 0 Å². The van der Waals surface area contributed by atoms with Gasteiger partial charge in [0.2, 0.25) is 5.91 Å². The van der Waals surface area contributed by atoms with Gasteiger partial charge in [0.15, 0.2) is 0 Å². The number of ether oxygens (including phenoxy) is 2. The van der Waals surface area contributed by atoms with Gasteiger partial charge in [0.1, 0.15) is 17.3 Å². The van der Waals surface area contributed by atoms with Crippen LogP contribution in [0.25, 0.3) is 0 Å². The molecule has 1 atom stereocenters. The van der Waals surface area contributed by atoms with E-state index in [0.29, 0.717) is 30.3 Å². The summed E-state index contributed by atoms with van der Waals surface area (Å²) in [4.78, 5) is 35.8. The lowest BCUT2D eigenvalue weighted by atomic mass is 10.1. The fourth-order valence-corrected chi connectivity index (χ4v) is 3.93. The van der Waals surface area contributed by atoms with Crippen molar-refractivity contribution in [3.05, 3.63) is 42.6 Å². The number of anilines is 2. The quantitative estimate of drug-likeness (QED) is 0.710. The molecule has 2 aliphatic heterocycles. The molecule has 0 aliphatic carbocycles. The first kappa shape index (κ1) is 19.2. The van der Waals surface area contributed by atoms with Gasteiger partial charge in [0, 0.05) is 38.4 Å². The second-order valence-corrected chi connectivity index (χ2v) is 7.04. The topological polar surface area (TPSA) is 75.2 Å². The van der Waals surface area contributed by atoms with Gasteiger partial charge in [0.05, 0.1) is 32.4 Å². The number of hydrogen-bond donors (Lipinski definition) is 0. The van der Waals surface area contributed by atoms with Crippen molar-refractivity contribution >= 4 is 23.3 Å². The Labute approximate surface area is 169 Å². The van der Waals surface area contributed by atoms with Crippen LogP contribution in [0.15, 0.2) is 42.6 Å². The van der Waals surface area contributed by atoms with Crippen LogP contribution in [-0.2, 0) is 9.59 Å². The molecule has 4 rings (SSSR count). The minimum atomic E-state index is -0.444. The van der Waals surface area contributed by atoms with Gasteiger partial charge in [-0.15, -0.1) is 0 Å². The molecular formula is C21H24N4O4. The molecule has 0 unspecified atom stereocenters. The molecule has 2 fully saturated rings. The molecule has 0 N–H and O–H groups in total. The number of carbonyl (C=O) groups excluding carboxylic acids is 2. The fraction of sp³-hybridized carbons (Fsp3) is 0.381. The number of benzene rings is 1. The first-order valence-corrected chi connectivity index (χ1v) is 9.61. The molecule has 8 nitrogen and oxygen atoms in total. The third-order valence-electron chi connectivity index (χ3n) is 5.48. The maximum absolute atomic E-state index is 13.1. The SMILES string of the molecule is COc1ccc(N2C(=O)C[C@H](N3CCN(c4ccccn4)CC3)C2=O)c(OC)c1. The molecule has 0 bridgehead atoms. The largest absolute Gasteiger partial charge is 0.497 e. The van der Waals surface area contributed by atoms with Gasteiger partial charge in [-0.1, -0.05) is 6.07 Å². The number of hydrogen-bond acceptors (Lipinski definition) is 7. The Morgan fingerprint density at radius 1 is 1.00 bits per heavy atom. The van der Waals surface area contributed by atoms with Crippen LogP contribution in [0.5, 0.6) is 11.5 Å². The molecule has 0 radical (unpaired) electrons. The minimum Gasteiger partial charge on any atom is -0.497 e. The molecule has 0 spiro atoms. The van der Waals surface area contributed by atoms with Crippen LogP contribution in [0.4, 0.5) is 11.5 Å². The van der Waals surface area contributed by atoms with Gasteiger partial charge in [-0.05, 0) is 24.3 Å². The van der Waals surface area contributed by atoms with Crippen LogP contribution in [0.2, 0.25) is 0 Å². The highest BCUT2D eigenvalue weighted by Crippen LogP contribution is 2.36. The van der Waals surface area contributed by atoms with E-state index in [1.54, 1.807) is 31.5 Å². The Morgan fingerprint density at radius 2 is 1.79 bits per heavy atom. The Bertz CT molecular complexity index is 897. The maximum Gasteiger partial charge on any atom is 0.251 e. The number of rotatable bonds is 5. The van der Waals surface area contributed by atoms with E-state index >= 15 is 0 Å². The maximum atomic E-state index is 13.1. The van der Waals surface area contributed by atoms with Crippen LogP contribution < -0.4 is 19.3 Å². The Hall–Kier alpha value is -3.13. The van der Waals surface area contributed by atoms with Crippen molar-refractivity contribution in [3.8, 4) is 11.5 Å². The van der Waals surface area contributed by atoms with Gasteiger partial charge < -0.3 is 14.4 Å². The molecule has 3 heterocycles. The van der Waals surface area contributed by atoms with Gasteiger partial charge in [-0.3, -0.25) is 14.5 Å². The summed E-state index contributed by atoms with van der Waals surface area (Å²) >= 11 is 0. The van der Waals surface area contributed by atoms with Gasteiger partial charge in [-0.2, -0.15) is 0 Å². The fourth-order valence-electron chi connectivity index (χ4n) is 3.93. The van der Waals surface area contributed by atoms with Crippen LogP contribution in [0, 0.1) is 0 Å². The average Bonchev–Trinajstić information content (AvgIpc) is 3.07. The van der Waals surface area contributed by atoms with Crippen molar-refractivity contribution in [1.29, 1.82) is 0 Å². The van der Waals surface area contributed by atoms with Crippen LogP contribution >= 0.6 is 0 Å². The second-order valence-electron chi connectivity index (χ2n) is 7.04. The third-order valence-corrected chi connectivity index (χ3v) is 5.48. The predicted octanol–water partition coefficient (Wildman–Crippen LogP) is 1.55. The lowest BCUT2D eigenvalue weighted by Gasteiger charge is -2.37. The third kappa shape index (κ3) is 3.63. The van der Waals surface area contributed by atoms with Crippen molar-refractivity contribution in [1.82, 2.24) is 9.88 Å². The lowest BCUT2D eigenvalue weighted by Crippen LogP contribution is -2.52. The molecule has 2 saturated heterocycles. The number of methoxy groups -OCH3 is 2. The zero-order valence-corrected chi connectivity index (χ0v) is 16.6. The van der Waals surface area contributed by atoms with E-state index in [9.17, 15) is 9.59 Å². The standard InChI is InChI=1S/C21H24N4O4/c1-28-15-6-7-16(18(13-15)29-2)25-20(26)14-17(21(25)27)23-9-11-24(12-10-23)19-5-3-4-8-22-19/h3-8,13,17H,9-12,14H2,1-2H3/t17-/m0/s1. The van der Waals surface area contributed by atoms with Gasteiger partial charge in [-0.25, -0.2) is 9.88 Å². The van der Waals surface area contributed by atoms with Crippen LogP contribution in [0.3, 0.4) is 0 Å². The molecule has 2 aromatic rings. The Morgan fingerprint density at radius 3 is 2.45 bits per heavy atom. The summed E-state index contributed by atoms with van der Waals surface area (Å²) in [5.74, 6) is 1.56. The van der Waals surface area contributed by atoms with E-state index in [2.05, 4.69) is 14.8 Å². The number of imide groups is 1. The summed E-state index contributed by atoms with van der Waals surface area (Å²) in [6, 6.07) is 10.5. The lowest BCUT2D eigenvalue weighted by molar-refractivity contribution is -0.123. The first-order valence-electron chi connectivity index (χ1n) is 9.61. The summed E-state index contributed by atoms with van der Waals surface area (Å²) in [5.41, 5.74) is 0.456. The van der Waals surface area contributed by atoms with Crippen molar-refractivity contribution in [3.63, 3.8) is 0 Å². The number of amides is 2. The minimum absolute atomic E-state index is 0.178. The van der Waals surface area contributed by atoms with Crippen LogP contribution in [0.1, 0.15) is 6.42 Å². The summed E-state index contributed by atoms with van der Waals surface area (Å²) in [6.45, 7) is 2.93. The first-order chi connectivity index (χ1) is 14.1.